The molecule has 7 nitrogen and oxygen atoms in total. The standard InChI is InChI=1S/C25H32N2O5S/c1-4-27(21-11-6-5-7-12-21)33(30,31)23-16-20(15-14-19(23)3)25(29)32-17-24(28)26-22-13-9-8-10-18(22)2/h5-7,11-12,14-16,18,22H,4,8-10,13,17H2,1-3H3,(H,26,28)/t18-,22+/m1/s1. The zero-order valence-corrected chi connectivity index (χ0v) is 20.2. The van der Waals surface area contributed by atoms with Crippen molar-refractivity contribution in [3.63, 3.8) is 0 Å². The van der Waals surface area contributed by atoms with Crippen LogP contribution in [0.2, 0.25) is 0 Å². The maximum atomic E-state index is 13.4. The molecule has 1 N–H and O–H groups in total. The Morgan fingerprint density at radius 2 is 1.79 bits per heavy atom. The van der Waals surface area contributed by atoms with E-state index in [-0.39, 0.29) is 29.0 Å². The number of rotatable bonds is 8. The van der Waals surface area contributed by atoms with Gasteiger partial charge in [0, 0.05) is 12.6 Å². The van der Waals surface area contributed by atoms with E-state index in [1.165, 1.54) is 22.9 Å². The molecule has 8 heteroatoms. The lowest BCUT2D eigenvalue weighted by Gasteiger charge is -2.29. The van der Waals surface area contributed by atoms with Gasteiger partial charge in [0.1, 0.15) is 0 Å². The summed E-state index contributed by atoms with van der Waals surface area (Å²) in [7, 11) is -3.90. The van der Waals surface area contributed by atoms with Crippen LogP contribution in [0.25, 0.3) is 0 Å². The first-order chi connectivity index (χ1) is 15.7. The molecule has 178 valence electrons. The van der Waals surface area contributed by atoms with E-state index in [0.29, 0.717) is 17.2 Å². The third-order valence-electron chi connectivity index (χ3n) is 6.12. The second-order valence-corrected chi connectivity index (χ2v) is 10.3. The van der Waals surface area contributed by atoms with Gasteiger partial charge < -0.3 is 10.1 Å². The lowest BCUT2D eigenvalue weighted by atomic mass is 9.86. The lowest BCUT2D eigenvalue weighted by molar-refractivity contribution is -0.125. The number of hydrogen-bond acceptors (Lipinski definition) is 5. The Balaban J connectivity index is 1.72. The van der Waals surface area contributed by atoms with Gasteiger partial charge >= 0.3 is 5.97 Å². The van der Waals surface area contributed by atoms with E-state index in [9.17, 15) is 18.0 Å². The van der Waals surface area contributed by atoms with Gasteiger partial charge in [-0.3, -0.25) is 9.10 Å². The second-order valence-electron chi connectivity index (χ2n) is 8.50. The molecule has 0 bridgehead atoms. The van der Waals surface area contributed by atoms with Gasteiger partial charge in [0.05, 0.1) is 16.1 Å². The normalized spacial score (nSPS) is 18.4. The summed E-state index contributed by atoms with van der Waals surface area (Å²) in [5, 5.41) is 2.94. The van der Waals surface area contributed by atoms with Gasteiger partial charge in [0.25, 0.3) is 15.9 Å². The van der Waals surface area contributed by atoms with Crippen LogP contribution < -0.4 is 9.62 Å². The van der Waals surface area contributed by atoms with E-state index >= 15 is 0 Å². The third-order valence-corrected chi connectivity index (χ3v) is 8.16. The zero-order valence-electron chi connectivity index (χ0n) is 19.4. The summed E-state index contributed by atoms with van der Waals surface area (Å²) in [6, 6.07) is 13.3. The Kier molecular flexibility index (Phi) is 8.13. The van der Waals surface area contributed by atoms with Crippen LogP contribution in [-0.2, 0) is 19.6 Å². The number of benzene rings is 2. The molecule has 1 saturated carbocycles. The molecule has 0 saturated heterocycles. The zero-order chi connectivity index (χ0) is 24.0. The number of hydrogen-bond donors (Lipinski definition) is 1. The van der Waals surface area contributed by atoms with Crippen LogP contribution >= 0.6 is 0 Å². The molecule has 2 aromatic carbocycles. The molecule has 0 heterocycles. The minimum Gasteiger partial charge on any atom is -0.452 e. The number of aryl methyl sites for hydroxylation is 1. The minimum atomic E-state index is -3.90. The molecule has 3 rings (SSSR count). The number of carbonyl (C=O) groups excluding carboxylic acids is 2. The maximum absolute atomic E-state index is 13.4. The number of ether oxygens (including phenoxy) is 1. The summed E-state index contributed by atoms with van der Waals surface area (Å²) < 4.78 is 33.3. The number of esters is 1. The molecule has 33 heavy (non-hydrogen) atoms. The summed E-state index contributed by atoms with van der Waals surface area (Å²) in [6.07, 6.45) is 4.24. The van der Waals surface area contributed by atoms with Crippen molar-refractivity contribution >= 4 is 27.6 Å². The first-order valence-electron chi connectivity index (χ1n) is 11.4. The fourth-order valence-corrected chi connectivity index (χ4v) is 5.93. The molecule has 0 aromatic heterocycles. The van der Waals surface area contributed by atoms with Crippen molar-refractivity contribution in [2.75, 3.05) is 17.5 Å². The second kappa shape index (κ2) is 10.8. The molecule has 0 spiro atoms. The molecule has 2 atom stereocenters. The van der Waals surface area contributed by atoms with E-state index in [2.05, 4.69) is 12.2 Å². The predicted octanol–water partition coefficient (Wildman–Crippen LogP) is 4.06. The van der Waals surface area contributed by atoms with E-state index in [1.807, 2.05) is 6.07 Å². The highest BCUT2D eigenvalue weighted by atomic mass is 32.2. The highest BCUT2D eigenvalue weighted by molar-refractivity contribution is 7.92. The number of anilines is 1. The first kappa shape index (κ1) is 24.8. The van der Waals surface area contributed by atoms with Gasteiger partial charge in [-0.15, -0.1) is 0 Å². The van der Waals surface area contributed by atoms with E-state index in [0.717, 1.165) is 19.3 Å². The molecular weight excluding hydrogens is 440 g/mol. The fourth-order valence-electron chi connectivity index (χ4n) is 4.20. The monoisotopic (exact) mass is 472 g/mol. The summed E-state index contributed by atoms with van der Waals surface area (Å²) in [5.74, 6) is -0.682. The summed E-state index contributed by atoms with van der Waals surface area (Å²) in [6.45, 7) is 5.38. The number of nitrogens with zero attached hydrogens (tertiary/aromatic N) is 1. The van der Waals surface area contributed by atoms with E-state index in [1.54, 1.807) is 44.2 Å². The summed E-state index contributed by atoms with van der Waals surface area (Å²) >= 11 is 0. The van der Waals surface area contributed by atoms with Crippen molar-refractivity contribution in [1.82, 2.24) is 5.32 Å². The maximum Gasteiger partial charge on any atom is 0.338 e. The topological polar surface area (TPSA) is 92.8 Å². The molecule has 1 aliphatic rings. The highest BCUT2D eigenvalue weighted by Gasteiger charge is 2.27. The molecular formula is C25H32N2O5S. The van der Waals surface area contributed by atoms with Gasteiger partial charge in [-0.1, -0.05) is 44.0 Å². The number of sulfonamides is 1. The molecule has 1 aliphatic carbocycles. The number of nitrogens with one attached hydrogen (secondary N) is 1. The van der Waals surface area contributed by atoms with Crippen LogP contribution in [0, 0.1) is 12.8 Å². The smallest absolute Gasteiger partial charge is 0.338 e. The van der Waals surface area contributed by atoms with E-state index in [4.69, 9.17) is 4.74 Å². The largest absolute Gasteiger partial charge is 0.452 e. The van der Waals surface area contributed by atoms with Crippen LogP contribution in [-0.4, -0.2) is 39.5 Å². The van der Waals surface area contributed by atoms with Gasteiger partial charge in [0.15, 0.2) is 6.61 Å². The van der Waals surface area contributed by atoms with Crippen LogP contribution in [0.15, 0.2) is 53.4 Å². The first-order valence-corrected chi connectivity index (χ1v) is 12.8. The molecule has 1 amide bonds. The molecule has 0 unspecified atom stereocenters. The lowest BCUT2D eigenvalue weighted by Crippen LogP contribution is -2.42. The number of para-hydroxylation sites is 1. The Morgan fingerprint density at radius 1 is 1.09 bits per heavy atom. The molecule has 0 aliphatic heterocycles. The SMILES string of the molecule is CCN(c1ccccc1)S(=O)(=O)c1cc(C(=O)OCC(=O)N[C@H]2CCCC[C@H]2C)ccc1C. The van der Waals surface area contributed by atoms with Crippen molar-refractivity contribution in [3.8, 4) is 0 Å². The van der Waals surface area contributed by atoms with Gasteiger partial charge in [-0.25, -0.2) is 13.2 Å². The molecule has 1 fully saturated rings. The summed E-state index contributed by atoms with van der Waals surface area (Å²) in [5.41, 5.74) is 1.15. The third kappa shape index (κ3) is 5.93. The average Bonchev–Trinajstić information content (AvgIpc) is 2.80. The fraction of sp³-hybridized carbons (Fsp3) is 0.440. The van der Waals surface area contributed by atoms with Crippen molar-refractivity contribution < 1.29 is 22.7 Å². The van der Waals surface area contributed by atoms with Crippen LogP contribution in [0.3, 0.4) is 0 Å². The Hall–Kier alpha value is -2.87. The van der Waals surface area contributed by atoms with Crippen molar-refractivity contribution in [2.24, 2.45) is 5.92 Å². The average molecular weight is 473 g/mol. The minimum absolute atomic E-state index is 0.0307. The van der Waals surface area contributed by atoms with Crippen LogP contribution in [0.1, 0.15) is 55.5 Å². The van der Waals surface area contributed by atoms with Crippen molar-refractivity contribution in [2.45, 2.75) is 57.4 Å². The number of carbonyl (C=O) groups is 2. The Morgan fingerprint density at radius 3 is 2.45 bits per heavy atom. The predicted molar refractivity (Wildman–Crippen MR) is 128 cm³/mol. The van der Waals surface area contributed by atoms with Gasteiger partial charge in [0.2, 0.25) is 0 Å². The highest BCUT2D eigenvalue weighted by Crippen LogP contribution is 2.27. The molecule has 2 aromatic rings. The Labute approximate surface area is 196 Å². The van der Waals surface area contributed by atoms with Gasteiger partial charge in [-0.2, -0.15) is 0 Å². The summed E-state index contributed by atoms with van der Waals surface area (Å²) in [4.78, 5) is 24.9. The van der Waals surface area contributed by atoms with E-state index < -0.39 is 22.6 Å². The van der Waals surface area contributed by atoms with Gasteiger partial charge in [-0.05, 0) is 62.4 Å². The number of amides is 1. The molecule has 0 radical (unpaired) electrons. The Bertz CT molecular complexity index is 1090. The van der Waals surface area contributed by atoms with Crippen LogP contribution in [0.5, 0.6) is 0 Å². The van der Waals surface area contributed by atoms with Crippen molar-refractivity contribution in [3.05, 3.63) is 59.7 Å². The van der Waals surface area contributed by atoms with Crippen LogP contribution in [0.4, 0.5) is 5.69 Å². The quantitative estimate of drug-likeness (QED) is 0.585. The van der Waals surface area contributed by atoms with Crippen molar-refractivity contribution in [1.29, 1.82) is 0 Å².